The summed E-state index contributed by atoms with van der Waals surface area (Å²) in [6.45, 7) is 6.52. The molecule has 148 valence electrons. The van der Waals surface area contributed by atoms with Gasteiger partial charge in [-0.25, -0.2) is 0 Å². The molecule has 2 aromatic carbocycles. The van der Waals surface area contributed by atoms with Gasteiger partial charge in [-0.05, 0) is 59.7 Å². The highest BCUT2D eigenvalue weighted by atomic mass is 35.5. The van der Waals surface area contributed by atoms with Gasteiger partial charge in [0, 0.05) is 5.02 Å². The average molecular weight is 418 g/mol. The zero-order valence-corrected chi connectivity index (χ0v) is 18.1. The van der Waals surface area contributed by atoms with E-state index in [4.69, 9.17) is 16.3 Å². The van der Waals surface area contributed by atoms with Crippen LogP contribution in [0.3, 0.4) is 0 Å². The van der Waals surface area contributed by atoms with Gasteiger partial charge >= 0.3 is 0 Å². The van der Waals surface area contributed by atoms with Crippen LogP contribution in [-0.2, 0) is 17.8 Å². The molecule has 0 bridgehead atoms. The van der Waals surface area contributed by atoms with E-state index in [-0.39, 0.29) is 17.7 Å². The summed E-state index contributed by atoms with van der Waals surface area (Å²) < 4.78 is 5.50. The summed E-state index contributed by atoms with van der Waals surface area (Å²) in [7, 11) is 1.67. The van der Waals surface area contributed by atoms with Gasteiger partial charge in [0.15, 0.2) is 0 Å². The first kappa shape index (κ1) is 20.7. The van der Waals surface area contributed by atoms with Crippen molar-refractivity contribution < 1.29 is 14.3 Å². The van der Waals surface area contributed by atoms with Crippen molar-refractivity contribution in [2.24, 2.45) is 0 Å². The maximum absolute atomic E-state index is 12.9. The number of amides is 2. The lowest BCUT2D eigenvalue weighted by molar-refractivity contribution is -0.127. The number of thioether (sulfide) groups is 1. The molecule has 0 aromatic heterocycles. The third-order valence-corrected chi connectivity index (χ3v) is 6.30. The van der Waals surface area contributed by atoms with E-state index in [2.05, 4.69) is 19.9 Å². The largest absolute Gasteiger partial charge is 0.496 e. The predicted octanol–water partition coefficient (Wildman–Crippen LogP) is 5.59. The molecule has 0 saturated carbocycles. The Bertz CT molecular complexity index is 895. The van der Waals surface area contributed by atoms with Crippen LogP contribution in [0.4, 0.5) is 4.79 Å². The zero-order chi connectivity index (χ0) is 20.4. The standard InChI is InChI=1S/C22H24ClNO3S/c1-13(2)18-10-16(14(3)9-19(18)27-4)11-20-21(25)24(22(26)28-20)12-15-5-7-17(23)8-6-15/h5-10,13,20H,11-12H2,1-4H3/t20-/m1/s1. The summed E-state index contributed by atoms with van der Waals surface area (Å²) in [5.74, 6) is 1.04. The third-order valence-electron chi connectivity index (χ3n) is 4.97. The summed E-state index contributed by atoms with van der Waals surface area (Å²) in [6, 6.07) is 11.3. The molecule has 28 heavy (non-hydrogen) atoms. The molecule has 0 radical (unpaired) electrons. The van der Waals surface area contributed by atoms with Crippen LogP contribution >= 0.6 is 23.4 Å². The van der Waals surface area contributed by atoms with Gasteiger partial charge in [0.25, 0.3) is 5.24 Å². The van der Waals surface area contributed by atoms with Crippen LogP contribution in [-0.4, -0.2) is 28.4 Å². The molecule has 1 heterocycles. The fourth-order valence-electron chi connectivity index (χ4n) is 3.34. The number of carbonyl (C=O) groups excluding carboxylic acids is 2. The number of halogens is 1. The Labute approximate surface area is 175 Å². The summed E-state index contributed by atoms with van der Waals surface area (Å²) in [5, 5.41) is 0.0399. The van der Waals surface area contributed by atoms with Crippen molar-refractivity contribution in [3.8, 4) is 5.75 Å². The van der Waals surface area contributed by atoms with E-state index in [0.29, 0.717) is 17.4 Å². The smallest absolute Gasteiger partial charge is 0.289 e. The van der Waals surface area contributed by atoms with Crippen LogP contribution in [0, 0.1) is 6.92 Å². The highest BCUT2D eigenvalue weighted by Gasteiger charge is 2.39. The van der Waals surface area contributed by atoms with Crippen LogP contribution < -0.4 is 4.74 Å². The molecule has 0 unspecified atom stereocenters. The first-order valence-electron chi connectivity index (χ1n) is 9.24. The molecule has 0 aliphatic carbocycles. The average Bonchev–Trinajstić information content (AvgIpc) is 2.92. The van der Waals surface area contributed by atoms with Crippen LogP contribution in [0.5, 0.6) is 5.75 Å². The van der Waals surface area contributed by atoms with Crippen LogP contribution in [0.1, 0.15) is 42.0 Å². The number of imide groups is 1. The number of benzene rings is 2. The van der Waals surface area contributed by atoms with Gasteiger partial charge in [-0.15, -0.1) is 0 Å². The lowest BCUT2D eigenvalue weighted by Crippen LogP contribution is -2.31. The molecule has 3 rings (SSSR count). The number of carbonyl (C=O) groups is 2. The van der Waals surface area contributed by atoms with Crippen molar-refractivity contribution in [3.05, 3.63) is 63.7 Å². The van der Waals surface area contributed by atoms with Crippen molar-refractivity contribution in [2.75, 3.05) is 7.11 Å². The molecular weight excluding hydrogens is 394 g/mol. The van der Waals surface area contributed by atoms with Gasteiger partial charge < -0.3 is 4.74 Å². The number of methoxy groups -OCH3 is 1. The zero-order valence-electron chi connectivity index (χ0n) is 16.5. The van der Waals surface area contributed by atoms with Crippen LogP contribution in [0.2, 0.25) is 5.02 Å². The van der Waals surface area contributed by atoms with E-state index < -0.39 is 5.25 Å². The van der Waals surface area contributed by atoms with Gasteiger partial charge in [-0.2, -0.15) is 0 Å². The van der Waals surface area contributed by atoms with Gasteiger partial charge in [0.2, 0.25) is 5.91 Å². The van der Waals surface area contributed by atoms with E-state index >= 15 is 0 Å². The molecule has 1 aliphatic heterocycles. The first-order chi connectivity index (χ1) is 13.3. The van der Waals surface area contributed by atoms with Crippen molar-refractivity contribution in [3.63, 3.8) is 0 Å². The number of ether oxygens (including phenoxy) is 1. The summed E-state index contributed by atoms with van der Waals surface area (Å²) in [4.78, 5) is 26.7. The van der Waals surface area contributed by atoms with Crippen molar-refractivity contribution in [2.45, 2.75) is 44.9 Å². The molecule has 1 aliphatic rings. The summed E-state index contributed by atoms with van der Waals surface area (Å²) in [5.41, 5.74) is 4.15. The Balaban J connectivity index is 1.78. The molecule has 0 N–H and O–H groups in total. The molecule has 1 saturated heterocycles. The quantitative estimate of drug-likeness (QED) is 0.614. The van der Waals surface area contributed by atoms with E-state index in [1.54, 1.807) is 19.2 Å². The Morgan fingerprint density at radius 2 is 1.86 bits per heavy atom. The Hall–Kier alpha value is -1.98. The second-order valence-corrected chi connectivity index (χ2v) is 8.89. The van der Waals surface area contributed by atoms with Crippen molar-refractivity contribution >= 4 is 34.5 Å². The monoisotopic (exact) mass is 417 g/mol. The van der Waals surface area contributed by atoms with E-state index in [1.807, 2.05) is 25.1 Å². The maximum atomic E-state index is 12.9. The molecule has 0 spiro atoms. The van der Waals surface area contributed by atoms with Crippen LogP contribution in [0.25, 0.3) is 0 Å². The third kappa shape index (κ3) is 4.36. The summed E-state index contributed by atoms with van der Waals surface area (Å²) in [6.07, 6.45) is 0.530. The maximum Gasteiger partial charge on any atom is 0.289 e. The Kier molecular flexibility index (Phi) is 6.36. The topological polar surface area (TPSA) is 46.6 Å². The predicted molar refractivity (Wildman–Crippen MR) is 114 cm³/mol. The summed E-state index contributed by atoms with van der Waals surface area (Å²) >= 11 is 7.02. The minimum absolute atomic E-state index is 0.133. The normalized spacial score (nSPS) is 16.9. The highest BCUT2D eigenvalue weighted by Crippen LogP contribution is 2.35. The number of nitrogens with zero attached hydrogens (tertiary/aromatic N) is 1. The number of rotatable bonds is 6. The van der Waals surface area contributed by atoms with E-state index in [0.717, 1.165) is 39.8 Å². The molecular formula is C22H24ClNO3S. The molecule has 4 nitrogen and oxygen atoms in total. The van der Waals surface area contributed by atoms with Gasteiger partial charge in [0.05, 0.1) is 18.9 Å². The molecule has 2 aromatic rings. The fraction of sp³-hybridized carbons (Fsp3) is 0.364. The minimum atomic E-state index is -0.396. The van der Waals surface area contributed by atoms with E-state index in [1.165, 1.54) is 4.90 Å². The number of aryl methyl sites for hydroxylation is 1. The van der Waals surface area contributed by atoms with Gasteiger partial charge in [0.1, 0.15) is 5.75 Å². The first-order valence-corrected chi connectivity index (χ1v) is 10.5. The van der Waals surface area contributed by atoms with E-state index in [9.17, 15) is 9.59 Å². The fourth-order valence-corrected chi connectivity index (χ4v) is 4.48. The lowest BCUT2D eigenvalue weighted by atomic mass is 9.94. The van der Waals surface area contributed by atoms with Gasteiger partial charge in [-0.3, -0.25) is 14.5 Å². The second kappa shape index (κ2) is 8.58. The lowest BCUT2D eigenvalue weighted by Gasteiger charge is -2.18. The SMILES string of the molecule is COc1cc(C)c(C[C@H]2SC(=O)N(Cc3ccc(Cl)cc3)C2=O)cc1C(C)C. The molecule has 1 atom stereocenters. The Morgan fingerprint density at radius 1 is 1.18 bits per heavy atom. The molecule has 1 fully saturated rings. The minimum Gasteiger partial charge on any atom is -0.496 e. The molecule has 6 heteroatoms. The van der Waals surface area contributed by atoms with Crippen molar-refractivity contribution in [1.29, 1.82) is 0 Å². The molecule has 2 amide bonds. The van der Waals surface area contributed by atoms with Crippen molar-refractivity contribution in [1.82, 2.24) is 4.90 Å². The highest BCUT2D eigenvalue weighted by molar-refractivity contribution is 8.15. The number of hydrogen-bond acceptors (Lipinski definition) is 4. The second-order valence-electron chi connectivity index (χ2n) is 7.30. The van der Waals surface area contributed by atoms with Crippen LogP contribution in [0.15, 0.2) is 36.4 Å². The Morgan fingerprint density at radius 3 is 2.46 bits per heavy atom. The van der Waals surface area contributed by atoms with Gasteiger partial charge in [-0.1, -0.05) is 55.4 Å². The number of hydrogen-bond donors (Lipinski definition) is 0.